The molecule has 2 amide bonds. The molecule has 48 heavy (non-hydrogen) atoms. The average molecular weight is 677 g/mol. The summed E-state index contributed by atoms with van der Waals surface area (Å²) < 4.78 is 2.12. The van der Waals surface area contributed by atoms with Crippen molar-refractivity contribution in [2.24, 2.45) is 0 Å². The Balaban J connectivity index is 1.25. The summed E-state index contributed by atoms with van der Waals surface area (Å²) in [6.07, 6.45) is 5.15. The minimum absolute atomic E-state index is 0.0257. The number of hydrogen-bond donors (Lipinski definition) is 3. The number of piperidine rings is 1. The summed E-state index contributed by atoms with van der Waals surface area (Å²) in [4.78, 5) is 41.2. The lowest BCUT2D eigenvalue weighted by Crippen LogP contribution is -2.44. The SMILES string of the molecule is CC(=O)NC1CCN(c2ncccc2NC(=O)c2[nH]c3cc(Cl)cc4c3c2-c2c(-c3ccccc3)ncn2C4c2ccc(Cl)cc2)CC1. The van der Waals surface area contributed by atoms with Gasteiger partial charge in [0.2, 0.25) is 5.91 Å². The van der Waals surface area contributed by atoms with Crippen molar-refractivity contribution >= 4 is 57.4 Å². The third-order valence-electron chi connectivity index (χ3n) is 9.19. The second kappa shape index (κ2) is 12.2. The Labute approximate surface area is 286 Å². The highest BCUT2D eigenvalue weighted by molar-refractivity contribution is 6.32. The summed E-state index contributed by atoms with van der Waals surface area (Å²) in [5, 5.41) is 8.31. The molecule has 5 heterocycles. The molecular weight excluding hydrogens is 645 g/mol. The third-order valence-corrected chi connectivity index (χ3v) is 9.66. The van der Waals surface area contributed by atoms with Crippen LogP contribution < -0.4 is 15.5 Å². The topological polar surface area (TPSA) is 108 Å². The predicted octanol–water partition coefficient (Wildman–Crippen LogP) is 7.71. The summed E-state index contributed by atoms with van der Waals surface area (Å²) in [6.45, 7) is 2.95. The van der Waals surface area contributed by atoms with E-state index in [9.17, 15) is 9.59 Å². The van der Waals surface area contributed by atoms with Crippen molar-refractivity contribution in [2.75, 3.05) is 23.3 Å². The standard InChI is InChI=1S/C37H31Cl2N7O2/c1-21(47)42-26-13-16-45(17-14-26)36-28(8-5-15-40-36)44-37(48)33-31-30-27(18-25(39)19-29(30)43-33)34(23-9-11-24(38)12-10-23)46-20-41-32(35(31)46)22-6-3-2-4-7-22/h2-12,15,18-20,26,34,43H,13-14,16-17H2,1H3,(H,42,47)(H,44,48). The van der Waals surface area contributed by atoms with Crippen LogP contribution in [0.2, 0.25) is 10.0 Å². The highest BCUT2D eigenvalue weighted by Crippen LogP contribution is 2.50. The highest BCUT2D eigenvalue weighted by atomic mass is 35.5. The van der Waals surface area contributed by atoms with Crippen LogP contribution in [0.3, 0.4) is 0 Å². The van der Waals surface area contributed by atoms with Crippen LogP contribution in [0.25, 0.3) is 33.4 Å². The van der Waals surface area contributed by atoms with E-state index >= 15 is 0 Å². The molecule has 0 saturated carbocycles. The molecule has 1 atom stereocenters. The molecule has 1 saturated heterocycles. The number of benzene rings is 3. The monoisotopic (exact) mass is 675 g/mol. The minimum Gasteiger partial charge on any atom is -0.355 e. The van der Waals surface area contributed by atoms with Gasteiger partial charge in [0.05, 0.1) is 29.4 Å². The second-order valence-corrected chi connectivity index (χ2v) is 13.1. The molecule has 0 aliphatic carbocycles. The van der Waals surface area contributed by atoms with Gasteiger partial charge >= 0.3 is 0 Å². The van der Waals surface area contributed by atoms with Gasteiger partial charge in [0, 0.05) is 64.3 Å². The van der Waals surface area contributed by atoms with Gasteiger partial charge < -0.3 is 25.1 Å². The molecule has 1 fully saturated rings. The lowest BCUT2D eigenvalue weighted by atomic mass is 9.88. The number of amides is 2. The fourth-order valence-electron chi connectivity index (χ4n) is 7.15. The zero-order chi connectivity index (χ0) is 32.9. The summed E-state index contributed by atoms with van der Waals surface area (Å²) in [5.74, 6) is 0.364. The van der Waals surface area contributed by atoms with E-state index in [4.69, 9.17) is 28.2 Å². The number of rotatable bonds is 6. The molecular formula is C37H31Cl2N7O2. The van der Waals surface area contributed by atoms with Crippen molar-refractivity contribution in [3.63, 3.8) is 0 Å². The van der Waals surface area contributed by atoms with Gasteiger partial charge in [-0.05, 0) is 60.4 Å². The van der Waals surface area contributed by atoms with Gasteiger partial charge in [0.15, 0.2) is 5.82 Å². The molecule has 2 aliphatic rings. The van der Waals surface area contributed by atoms with Gasteiger partial charge in [0.25, 0.3) is 5.91 Å². The quantitative estimate of drug-likeness (QED) is 0.167. The molecule has 1 unspecified atom stereocenters. The Morgan fingerprint density at radius 2 is 1.69 bits per heavy atom. The van der Waals surface area contributed by atoms with E-state index in [1.165, 1.54) is 0 Å². The number of nitrogens with one attached hydrogen (secondary N) is 3. The molecule has 8 rings (SSSR count). The molecule has 3 aromatic carbocycles. The maximum atomic E-state index is 14.4. The average Bonchev–Trinajstić information content (AvgIpc) is 3.69. The molecule has 2 aliphatic heterocycles. The summed E-state index contributed by atoms with van der Waals surface area (Å²) >= 11 is 13.0. The van der Waals surface area contributed by atoms with Crippen molar-refractivity contribution in [3.8, 4) is 22.5 Å². The van der Waals surface area contributed by atoms with E-state index in [0.29, 0.717) is 40.3 Å². The van der Waals surface area contributed by atoms with E-state index in [0.717, 1.165) is 57.4 Å². The first kappa shape index (κ1) is 30.2. The van der Waals surface area contributed by atoms with E-state index in [1.807, 2.05) is 85.2 Å². The van der Waals surface area contributed by atoms with Crippen LogP contribution in [0, 0.1) is 0 Å². The van der Waals surface area contributed by atoms with Gasteiger partial charge in [-0.25, -0.2) is 9.97 Å². The van der Waals surface area contributed by atoms with E-state index in [1.54, 1.807) is 13.1 Å². The Bertz CT molecular complexity index is 2190. The zero-order valence-electron chi connectivity index (χ0n) is 26.0. The summed E-state index contributed by atoms with van der Waals surface area (Å²) in [7, 11) is 0. The highest BCUT2D eigenvalue weighted by Gasteiger charge is 2.36. The van der Waals surface area contributed by atoms with Crippen LogP contribution in [-0.4, -0.2) is 50.5 Å². The summed E-state index contributed by atoms with van der Waals surface area (Å²) in [6, 6.07) is 25.2. The number of imidazole rings is 1. The molecule has 0 radical (unpaired) electrons. The van der Waals surface area contributed by atoms with Crippen molar-refractivity contribution in [3.05, 3.63) is 118 Å². The predicted molar refractivity (Wildman–Crippen MR) is 190 cm³/mol. The van der Waals surface area contributed by atoms with Gasteiger partial charge in [-0.1, -0.05) is 65.7 Å². The van der Waals surface area contributed by atoms with E-state index < -0.39 is 0 Å². The van der Waals surface area contributed by atoms with Crippen molar-refractivity contribution in [1.82, 2.24) is 24.8 Å². The number of fused-ring (bicyclic) bond motifs is 2. The number of anilines is 2. The van der Waals surface area contributed by atoms with Gasteiger partial charge in [-0.15, -0.1) is 0 Å². The van der Waals surface area contributed by atoms with Crippen LogP contribution in [0.15, 0.2) is 91.4 Å². The van der Waals surface area contributed by atoms with Crippen LogP contribution in [-0.2, 0) is 4.79 Å². The Kier molecular flexibility index (Phi) is 7.66. The van der Waals surface area contributed by atoms with Crippen LogP contribution in [0.1, 0.15) is 47.4 Å². The Hall–Kier alpha value is -5.12. The Morgan fingerprint density at radius 3 is 2.44 bits per heavy atom. The maximum Gasteiger partial charge on any atom is 0.272 e. The van der Waals surface area contributed by atoms with Crippen LogP contribution in [0.4, 0.5) is 11.5 Å². The zero-order valence-corrected chi connectivity index (χ0v) is 27.5. The molecule has 3 aromatic heterocycles. The minimum atomic E-state index is -0.303. The van der Waals surface area contributed by atoms with Crippen LogP contribution >= 0.6 is 23.2 Å². The first-order valence-electron chi connectivity index (χ1n) is 15.9. The first-order valence-corrected chi connectivity index (χ1v) is 16.6. The molecule has 6 aromatic rings. The fourth-order valence-corrected chi connectivity index (χ4v) is 7.50. The molecule has 3 N–H and O–H groups in total. The van der Waals surface area contributed by atoms with Crippen molar-refractivity contribution < 1.29 is 9.59 Å². The van der Waals surface area contributed by atoms with E-state index in [2.05, 4.69) is 30.1 Å². The Morgan fingerprint density at radius 1 is 0.917 bits per heavy atom. The fraction of sp³-hybridized carbons (Fsp3) is 0.189. The number of carbonyl (C=O) groups is 2. The van der Waals surface area contributed by atoms with Crippen molar-refractivity contribution in [2.45, 2.75) is 31.8 Å². The lowest BCUT2D eigenvalue weighted by Gasteiger charge is -2.34. The largest absolute Gasteiger partial charge is 0.355 e. The van der Waals surface area contributed by atoms with Gasteiger partial charge in [0.1, 0.15) is 5.69 Å². The molecule has 0 spiro atoms. The normalized spacial score (nSPS) is 15.7. The second-order valence-electron chi connectivity index (χ2n) is 12.3. The number of aromatic nitrogens is 4. The number of H-pyrrole nitrogens is 1. The van der Waals surface area contributed by atoms with Crippen molar-refractivity contribution in [1.29, 1.82) is 0 Å². The summed E-state index contributed by atoms with van der Waals surface area (Å²) in [5.41, 5.74) is 7.05. The third kappa shape index (κ3) is 5.29. The lowest BCUT2D eigenvalue weighted by molar-refractivity contribution is -0.119. The number of hydrogen-bond acceptors (Lipinski definition) is 5. The van der Waals surface area contributed by atoms with E-state index in [-0.39, 0.29) is 23.9 Å². The molecule has 9 nitrogen and oxygen atoms in total. The molecule has 11 heteroatoms. The number of aromatic amines is 1. The van der Waals surface area contributed by atoms with Gasteiger partial charge in [-0.2, -0.15) is 0 Å². The van der Waals surface area contributed by atoms with Crippen LogP contribution in [0.5, 0.6) is 0 Å². The first-order chi connectivity index (χ1) is 23.4. The number of nitrogens with zero attached hydrogens (tertiary/aromatic N) is 4. The number of halogens is 2. The molecule has 0 bridgehead atoms. The molecule has 240 valence electrons. The number of carbonyl (C=O) groups excluding carboxylic acids is 2. The smallest absolute Gasteiger partial charge is 0.272 e. The maximum absolute atomic E-state index is 14.4. The van der Waals surface area contributed by atoms with Gasteiger partial charge in [-0.3, -0.25) is 9.59 Å². The number of pyridine rings is 1.